The normalized spacial score (nSPS) is 22.0. The third kappa shape index (κ3) is 10.3. The Kier molecular flexibility index (Phi) is 13.2. The quantitative estimate of drug-likeness (QED) is 0.258. The standard InChI is InChI=1S/C38H54IN6O6/c1-24(44(6)37(49)51-38(3,4)5)34(46)43-33(27-14-8-7-9-15-27)36(48)45-22-28(39-23-50-29-20-40-25(2)41-21-29)19-32(45)35(47)42-31-18-12-16-26-13-10-11-17-30(26)31/h10-11,13,17,20-21,24,27-28,31-33H,7-9,12,14-16,18-19,22-23H2,1-6H3,(H,42,47)(H,43,46)/q-1/t24-,28?,31+,32-,33-/m0/s1. The molecule has 280 valence electrons. The van der Waals surface area contributed by atoms with Crippen LogP contribution in [0.3, 0.4) is 0 Å². The fraction of sp³-hybridized carbons (Fsp3) is 0.632. The van der Waals surface area contributed by atoms with E-state index in [2.05, 4.69) is 32.7 Å². The Morgan fingerprint density at radius 3 is 2.45 bits per heavy atom. The van der Waals surface area contributed by atoms with Gasteiger partial charge in [0.05, 0.1) is 0 Å². The first kappa shape index (κ1) is 38.7. The number of hydrogen-bond acceptors (Lipinski definition) is 8. The van der Waals surface area contributed by atoms with E-state index in [9.17, 15) is 19.2 Å². The minimum absolute atomic E-state index is 0.0678. The minimum atomic E-state index is -0.871. The number of hydrogen-bond donors (Lipinski definition) is 2. The molecule has 13 heteroatoms. The van der Waals surface area contributed by atoms with Gasteiger partial charge in [0.15, 0.2) is 0 Å². The summed E-state index contributed by atoms with van der Waals surface area (Å²) in [5, 5.41) is 6.38. The van der Waals surface area contributed by atoms with Gasteiger partial charge in [-0.25, -0.2) is 0 Å². The molecule has 0 radical (unpaired) electrons. The predicted octanol–water partition coefficient (Wildman–Crippen LogP) is 1.69. The van der Waals surface area contributed by atoms with Gasteiger partial charge in [-0.1, -0.05) is 0 Å². The van der Waals surface area contributed by atoms with Gasteiger partial charge >= 0.3 is 293 Å². The molecule has 1 aromatic heterocycles. The van der Waals surface area contributed by atoms with E-state index >= 15 is 0 Å². The van der Waals surface area contributed by atoms with E-state index in [0.29, 0.717) is 29.2 Å². The Labute approximate surface area is 312 Å². The number of aryl methyl sites for hydroxylation is 2. The summed E-state index contributed by atoms with van der Waals surface area (Å²) in [5.41, 5.74) is 1.67. The molecule has 1 aliphatic heterocycles. The molecular formula is C38H54IN6O6-. The fourth-order valence-corrected chi connectivity index (χ4v) is 9.76. The molecule has 2 fully saturated rings. The second-order valence-corrected chi connectivity index (χ2v) is 18.3. The van der Waals surface area contributed by atoms with E-state index in [1.807, 2.05) is 19.1 Å². The van der Waals surface area contributed by atoms with Crippen LogP contribution in [0, 0.1) is 12.8 Å². The number of alkyl halides is 2. The Morgan fingerprint density at radius 1 is 1.04 bits per heavy atom. The Morgan fingerprint density at radius 2 is 1.75 bits per heavy atom. The third-order valence-corrected chi connectivity index (χ3v) is 12.9. The van der Waals surface area contributed by atoms with Crippen molar-refractivity contribution in [1.82, 2.24) is 30.4 Å². The Hall–Kier alpha value is -3.49. The number of aromatic nitrogens is 2. The van der Waals surface area contributed by atoms with Gasteiger partial charge < -0.3 is 0 Å². The van der Waals surface area contributed by atoms with Crippen LogP contribution >= 0.6 is 0 Å². The number of carbonyl (C=O) groups excluding carboxylic acids is 4. The van der Waals surface area contributed by atoms with E-state index in [-0.39, 0.29) is 27.7 Å². The molecule has 3 aliphatic rings. The molecule has 4 amide bonds. The molecule has 2 aliphatic carbocycles. The average molecular weight is 818 g/mol. The van der Waals surface area contributed by atoms with Crippen molar-refractivity contribution in [2.24, 2.45) is 5.92 Å². The van der Waals surface area contributed by atoms with Crippen LogP contribution in [0.4, 0.5) is 4.79 Å². The van der Waals surface area contributed by atoms with E-state index in [1.165, 1.54) is 17.5 Å². The Bertz CT molecular complexity index is 1530. The first-order valence-corrected chi connectivity index (χ1v) is 21.0. The topological polar surface area (TPSA) is 143 Å². The Balaban J connectivity index is 1.35. The molecule has 1 saturated heterocycles. The zero-order valence-corrected chi connectivity index (χ0v) is 33.0. The molecule has 1 saturated carbocycles. The third-order valence-electron chi connectivity index (χ3n) is 10.1. The molecule has 12 nitrogen and oxygen atoms in total. The number of nitrogens with one attached hydrogen (secondary N) is 2. The number of nitrogens with zero attached hydrogens (tertiary/aromatic N) is 4. The van der Waals surface area contributed by atoms with E-state index in [1.54, 1.807) is 45.0 Å². The molecule has 0 spiro atoms. The summed E-state index contributed by atoms with van der Waals surface area (Å²) in [6.45, 7) is 9.20. The fourth-order valence-electron chi connectivity index (χ4n) is 7.17. The maximum absolute atomic E-state index is 14.8. The van der Waals surface area contributed by atoms with E-state index in [0.717, 1.165) is 56.9 Å². The van der Waals surface area contributed by atoms with Crippen molar-refractivity contribution in [3.8, 4) is 5.75 Å². The zero-order chi connectivity index (χ0) is 36.7. The summed E-state index contributed by atoms with van der Waals surface area (Å²) in [6.07, 6.45) is 10.7. The number of benzene rings is 1. The first-order chi connectivity index (χ1) is 24.3. The number of ether oxygens (including phenoxy) is 2. The van der Waals surface area contributed by atoms with Crippen molar-refractivity contribution in [3.05, 3.63) is 53.6 Å². The molecule has 1 aromatic carbocycles. The van der Waals surface area contributed by atoms with E-state index in [4.69, 9.17) is 9.47 Å². The molecule has 5 rings (SSSR count). The van der Waals surface area contributed by atoms with Crippen molar-refractivity contribution in [1.29, 1.82) is 0 Å². The van der Waals surface area contributed by atoms with Gasteiger partial charge in [0.2, 0.25) is 0 Å². The average Bonchev–Trinajstić information content (AvgIpc) is 3.54. The van der Waals surface area contributed by atoms with Crippen molar-refractivity contribution in [3.63, 3.8) is 0 Å². The van der Waals surface area contributed by atoms with Crippen molar-refractivity contribution < 1.29 is 49.9 Å². The summed E-state index contributed by atoms with van der Waals surface area (Å²) in [4.78, 5) is 67.0. The van der Waals surface area contributed by atoms with Gasteiger partial charge in [-0.15, -0.1) is 0 Å². The molecule has 51 heavy (non-hydrogen) atoms. The van der Waals surface area contributed by atoms with Crippen LogP contribution in [-0.4, -0.2) is 89.4 Å². The van der Waals surface area contributed by atoms with Crippen molar-refractivity contribution in [2.45, 2.75) is 126 Å². The molecule has 1 unspecified atom stereocenters. The van der Waals surface area contributed by atoms with Crippen LogP contribution in [0.25, 0.3) is 0 Å². The van der Waals surface area contributed by atoms with Gasteiger partial charge in [0.1, 0.15) is 0 Å². The van der Waals surface area contributed by atoms with Gasteiger partial charge in [0.25, 0.3) is 0 Å². The molecule has 0 bridgehead atoms. The van der Waals surface area contributed by atoms with Crippen LogP contribution in [-0.2, 0) is 25.5 Å². The van der Waals surface area contributed by atoms with Crippen LogP contribution in [0.2, 0.25) is 0 Å². The molecule has 2 N–H and O–H groups in total. The van der Waals surface area contributed by atoms with Gasteiger partial charge in [-0.3, -0.25) is 0 Å². The number of halogens is 1. The van der Waals surface area contributed by atoms with Crippen LogP contribution in [0.1, 0.15) is 102 Å². The number of likely N-dealkylation sites (N-methyl/N-ethyl adjacent to an activating group) is 1. The van der Waals surface area contributed by atoms with E-state index < -0.39 is 56.9 Å². The second-order valence-electron chi connectivity index (χ2n) is 15.0. The van der Waals surface area contributed by atoms with Gasteiger partial charge in [-0.2, -0.15) is 0 Å². The first-order valence-electron chi connectivity index (χ1n) is 18.2. The summed E-state index contributed by atoms with van der Waals surface area (Å²) < 4.78 is 12.1. The number of amides is 4. The van der Waals surface area contributed by atoms with Crippen molar-refractivity contribution in [2.75, 3.05) is 18.2 Å². The zero-order valence-electron chi connectivity index (χ0n) is 30.8. The molecule has 5 atom stereocenters. The van der Waals surface area contributed by atoms with Gasteiger partial charge in [-0.05, 0) is 20.8 Å². The summed E-state index contributed by atoms with van der Waals surface area (Å²) in [7, 11) is 1.53. The number of carbonyl (C=O) groups is 4. The molecule has 2 heterocycles. The summed E-state index contributed by atoms with van der Waals surface area (Å²) in [6, 6.07) is 5.79. The SMILES string of the molecule is Cc1ncc(OC[I-]C2C[C@@H](C(=O)N[C@@H]3CCCc4ccccc43)N(C(=O)[C@@H](NC(=O)[C@H](C)N(C)C(=O)OC(C)(C)C)C3CCCCC3)C2)cn1. The number of likely N-dealkylation sites (tertiary alicyclic amines) is 1. The second kappa shape index (κ2) is 17.4. The summed E-state index contributed by atoms with van der Waals surface area (Å²) >= 11 is -0.570. The monoisotopic (exact) mass is 817 g/mol. The number of fused-ring (bicyclic) bond motifs is 1. The van der Waals surface area contributed by atoms with Gasteiger partial charge in [0, 0.05) is 0 Å². The number of rotatable bonds is 11. The maximum atomic E-state index is 14.8. The van der Waals surface area contributed by atoms with Crippen LogP contribution in [0.5, 0.6) is 5.75 Å². The molecule has 2 aromatic rings. The predicted molar refractivity (Wildman–Crippen MR) is 188 cm³/mol. The molecular weight excluding hydrogens is 763 g/mol. The van der Waals surface area contributed by atoms with Crippen LogP contribution in [0.15, 0.2) is 36.7 Å². The summed E-state index contributed by atoms with van der Waals surface area (Å²) in [5.74, 6) is 0.386. The van der Waals surface area contributed by atoms with Crippen LogP contribution < -0.4 is 36.6 Å². The van der Waals surface area contributed by atoms with Crippen molar-refractivity contribution >= 4 is 23.8 Å².